The van der Waals surface area contributed by atoms with Crippen LogP contribution in [0.25, 0.3) is 0 Å². The van der Waals surface area contributed by atoms with Gasteiger partial charge in [-0.1, -0.05) is 33.6 Å². The van der Waals surface area contributed by atoms with Crippen LogP contribution in [0.2, 0.25) is 0 Å². The standard InChI is InChI=1S/C15H29NO/c1-14(2,3)12-6-4-5-7-13(12)16-10-15(11-17)8-9-15/h12-13,16-17H,4-11H2,1-3H3. The molecule has 2 fully saturated rings. The van der Waals surface area contributed by atoms with Gasteiger partial charge in [0.2, 0.25) is 0 Å². The molecule has 0 aromatic carbocycles. The third-order valence-electron chi connectivity index (χ3n) is 4.91. The summed E-state index contributed by atoms with van der Waals surface area (Å²) < 4.78 is 0. The summed E-state index contributed by atoms with van der Waals surface area (Å²) in [4.78, 5) is 0. The molecule has 0 aliphatic heterocycles. The van der Waals surface area contributed by atoms with Crippen LogP contribution < -0.4 is 5.32 Å². The minimum atomic E-state index is 0.250. The van der Waals surface area contributed by atoms with E-state index in [0.717, 1.165) is 12.5 Å². The van der Waals surface area contributed by atoms with E-state index in [2.05, 4.69) is 26.1 Å². The van der Waals surface area contributed by atoms with Gasteiger partial charge in [-0.05, 0) is 37.0 Å². The molecule has 2 N–H and O–H groups in total. The van der Waals surface area contributed by atoms with Gasteiger partial charge in [0.15, 0.2) is 0 Å². The molecule has 0 spiro atoms. The lowest BCUT2D eigenvalue weighted by Crippen LogP contribution is -2.46. The molecule has 2 aliphatic carbocycles. The Labute approximate surface area is 106 Å². The zero-order chi connectivity index (χ0) is 12.5. The van der Waals surface area contributed by atoms with Crippen LogP contribution in [0, 0.1) is 16.7 Å². The van der Waals surface area contributed by atoms with Gasteiger partial charge in [-0.25, -0.2) is 0 Å². The van der Waals surface area contributed by atoms with E-state index >= 15 is 0 Å². The lowest BCUT2D eigenvalue weighted by molar-refractivity contribution is 0.119. The van der Waals surface area contributed by atoms with Crippen LogP contribution in [-0.2, 0) is 0 Å². The fourth-order valence-corrected chi connectivity index (χ4v) is 3.33. The SMILES string of the molecule is CC(C)(C)C1CCCCC1NCC1(CO)CC1. The van der Waals surface area contributed by atoms with Crippen molar-refractivity contribution in [2.45, 2.75) is 65.3 Å². The van der Waals surface area contributed by atoms with Crippen molar-refractivity contribution in [3.05, 3.63) is 0 Å². The number of hydrogen-bond acceptors (Lipinski definition) is 2. The summed E-state index contributed by atoms with van der Waals surface area (Å²) in [5.74, 6) is 0.797. The Morgan fingerprint density at radius 1 is 1.18 bits per heavy atom. The molecule has 2 heteroatoms. The van der Waals surface area contributed by atoms with E-state index in [4.69, 9.17) is 0 Å². The Balaban J connectivity index is 1.88. The second-order valence-corrected chi connectivity index (χ2v) is 7.40. The second kappa shape index (κ2) is 4.89. The highest BCUT2D eigenvalue weighted by molar-refractivity contribution is 4.97. The summed E-state index contributed by atoms with van der Waals surface area (Å²) in [6.07, 6.45) is 7.88. The summed E-state index contributed by atoms with van der Waals surface area (Å²) in [6.45, 7) is 8.51. The lowest BCUT2D eigenvalue weighted by atomic mass is 9.69. The summed E-state index contributed by atoms with van der Waals surface area (Å²) >= 11 is 0. The Kier molecular flexibility index (Phi) is 3.84. The minimum Gasteiger partial charge on any atom is -0.396 e. The van der Waals surface area contributed by atoms with Crippen molar-refractivity contribution < 1.29 is 5.11 Å². The first kappa shape index (κ1) is 13.4. The third kappa shape index (κ3) is 3.23. The number of hydrogen-bond donors (Lipinski definition) is 2. The quantitative estimate of drug-likeness (QED) is 0.790. The molecule has 2 rings (SSSR count). The van der Waals surface area contributed by atoms with E-state index in [1.165, 1.54) is 38.5 Å². The van der Waals surface area contributed by atoms with Crippen LogP contribution in [0.3, 0.4) is 0 Å². The Hall–Kier alpha value is -0.0800. The van der Waals surface area contributed by atoms with Crippen LogP contribution in [0.5, 0.6) is 0 Å². The molecule has 2 nitrogen and oxygen atoms in total. The van der Waals surface area contributed by atoms with Gasteiger partial charge in [0, 0.05) is 24.6 Å². The third-order valence-corrected chi connectivity index (χ3v) is 4.91. The highest BCUT2D eigenvalue weighted by Gasteiger charge is 2.43. The number of aliphatic hydroxyl groups is 1. The largest absolute Gasteiger partial charge is 0.396 e. The van der Waals surface area contributed by atoms with Crippen molar-refractivity contribution >= 4 is 0 Å². The van der Waals surface area contributed by atoms with E-state index in [9.17, 15) is 5.11 Å². The Morgan fingerprint density at radius 2 is 1.82 bits per heavy atom. The molecule has 2 atom stereocenters. The Morgan fingerprint density at radius 3 is 2.35 bits per heavy atom. The maximum absolute atomic E-state index is 9.37. The highest BCUT2D eigenvalue weighted by atomic mass is 16.3. The van der Waals surface area contributed by atoms with Gasteiger partial charge in [0.05, 0.1) is 0 Å². The molecule has 0 bridgehead atoms. The van der Waals surface area contributed by atoms with E-state index < -0.39 is 0 Å². The maximum Gasteiger partial charge on any atom is 0.0499 e. The van der Waals surface area contributed by atoms with Gasteiger partial charge in [0.25, 0.3) is 0 Å². The first-order valence-corrected chi connectivity index (χ1v) is 7.31. The molecule has 0 heterocycles. The zero-order valence-corrected chi connectivity index (χ0v) is 11.8. The molecule has 17 heavy (non-hydrogen) atoms. The molecule has 2 saturated carbocycles. The average Bonchev–Trinajstić information content (AvgIpc) is 3.06. The predicted octanol–water partition coefficient (Wildman–Crippen LogP) is 2.95. The van der Waals surface area contributed by atoms with Crippen molar-refractivity contribution in [1.29, 1.82) is 0 Å². The van der Waals surface area contributed by atoms with Crippen molar-refractivity contribution in [2.75, 3.05) is 13.2 Å². The smallest absolute Gasteiger partial charge is 0.0499 e. The van der Waals surface area contributed by atoms with Gasteiger partial charge in [-0.3, -0.25) is 0 Å². The molecule has 0 aromatic heterocycles. The maximum atomic E-state index is 9.37. The first-order valence-electron chi connectivity index (χ1n) is 7.31. The second-order valence-electron chi connectivity index (χ2n) is 7.40. The number of aliphatic hydroxyl groups excluding tert-OH is 1. The van der Waals surface area contributed by atoms with Gasteiger partial charge in [-0.15, -0.1) is 0 Å². The molecule has 0 aromatic rings. The first-order chi connectivity index (χ1) is 7.97. The molecule has 2 unspecified atom stereocenters. The normalized spacial score (nSPS) is 32.5. The zero-order valence-electron chi connectivity index (χ0n) is 11.8. The molecule has 100 valence electrons. The van der Waals surface area contributed by atoms with E-state index in [1.54, 1.807) is 0 Å². The lowest BCUT2D eigenvalue weighted by Gasteiger charge is -2.41. The number of rotatable bonds is 4. The van der Waals surface area contributed by atoms with Gasteiger partial charge in [0.1, 0.15) is 0 Å². The fourth-order valence-electron chi connectivity index (χ4n) is 3.33. The van der Waals surface area contributed by atoms with Crippen molar-refractivity contribution in [1.82, 2.24) is 5.32 Å². The molecule has 0 radical (unpaired) electrons. The average molecular weight is 239 g/mol. The van der Waals surface area contributed by atoms with Crippen molar-refractivity contribution in [2.24, 2.45) is 16.7 Å². The molecule has 0 amide bonds. The molecular formula is C15H29NO. The van der Waals surface area contributed by atoms with Gasteiger partial charge in [-0.2, -0.15) is 0 Å². The van der Waals surface area contributed by atoms with E-state index in [1.807, 2.05) is 0 Å². The fraction of sp³-hybridized carbons (Fsp3) is 1.00. The summed E-state index contributed by atoms with van der Waals surface area (Å²) in [5, 5.41) is 13.1. The van der Waals surface area contributed by atoms with Crippen LogP contribution in [0.4, 0.5) is 0 Å². The molecule has 2 aliphatic rings. The van der Waals surface area contributed by atoms with Crippen LogP contribution >= 0.6 is 0 Å². The highest BCUT2D eigenvalue weighted by Crippen LogP contribution is 2.45. The van der Waals surface area contributed by atoms with Gasteiger partial charge < -0.3 is 10.4 Å². The number of nitrogens with one attached hydrogen (secondary N) is 1. The Bertz CT molecular complexity index is 252. The van der Waals surface area contributed by atoms with E-state index in [0.29, 0.717) is 18.1 Å². The minimum absolute atomic E-state index is 0.250. The van der Waals surface area contributed by atoms with Crippen molar-refractivity contribution in [3.63, 3.8) is 0 Å². The molecule has 0 saturated heterocycles. The van der Waals surface area contributed by atoms with Crippen molar-refractivity contribution in [3.8, 4) is 0 Å². The molecular weight excluding hydrogens is 210 g/mol. The van der Waals surface area contributed by atoms with Gasteiger partial charge >= 0.3 is 0 Å². The predicted molar refractivity (Wildman–Crippen MR) is 72.0 cm³/mol. The van der Waals surface area contributed by atoms with Crippen LogP contribution in [0.1, 0.15) is 59.3 Å². The summed E-state index contributed by atoms with van der Waals surface area (Å²) in [6, 6.07) is 0.674. The summed E-state index contributed by atoms with van der Waals surface area (Å²) in [5.41, 5.74) is 0.661. The topological polar surface area (TPSA) is 32.3 Å². The van der Waals surface area contributed by atoms with Crippen LogP contribution in [0.15, 0.2) is 0 Å². The van der Waals surface area contributed by atoms with Crippen LogP contribution in [-0.4, -0.2) is 24.3 Å². The summed E-state index contributed by atoms with van der Waals surface area (Å²) in [7, 11) is 0. The van der Waals surface area contributed by atoms with E-state index in [-0.39, 0.29) is 5.41 Å². The monoisotopic (exact) mass is 239 g/mol.